The molecule has 0 radical (unpaired) electrons. The van der Waals surface area contributed by atoms with Crippen LogP contribution in [0.5, 0.6) is 5.75 Å². The number of ether oxygens (including phenoxy) is 1. The fourth-order valence-electron chi connectivity index (χ4n) is 4.10. The Balaban J connectivity index is 1.44. The van der Waals surface area contributed by atoms with Gasteiger partial charge in [0.1, 0.15) is 5.75 Å². The van der Waals surface area contributed by atoms with E-state index in [1.807, 2.05) is 31.3 Å². The standard InChI is InChI=1S/C22H35N5O2/c1-23-22(25-18-11-12-27(15-18)19-8-4-5-9-19)24-14-17-7-6-10-20(13-17)29-16-21(28)26(2)3/h6-7,10,13,18-19H,4-5,8-9,11-12,14-16H2,1-3H3,(H2,23,24,25). The minimum Gasteiger partial charge on any atom is -0.484 e. The van der Waals surface area contributed by atoms with Gasteiger partial charge < -0.3 is 20.3 Å². The van der Waals surface area contributed by atoms with Crippen LogP contribution < -0.4 is 15.4 Å². The van der Waals surface area contributed by atoms with Crippen molar-refractivity contribution in [2.24, 2.45) is 4.99 Å². The first-order valence-corrected chi connectivity index (χ1v) is 10.7. The summed E-state index contributed by atoms with van der Waals surface area (Å²) in [6.45, 7) is 2.99. The maximum atomic E-state index is 11.7. The van der Waals surface area contributed by atoms with Gasteiger partial charge in [-0.05, 0) is 37.0 Å². The van der Waals surface area contributed by atoms with E-state index in [0.29, 0.717) is 18.3 Å². The molecule has 1 saturated heterocycles. The number of benzene rings is 1. The molecule has 3 rings (SSSR count). The first-order valence-electron chi connectivity index (χ1n) is 10.7. The molecule has 7 heteroatoms. The SMILES string of the molecule is CN=C(NCc1cccc(OCC(=O)N(C)C)c1)NC1CCN(C2CCCC2)C1. The fraction of sp³-hybridized carbons (Fsp3) is 0.636. The van der Waals surface area contributed by atoms with Crippen molar-refractivity contribution in [1.82, 2.24) is 20.4 Å². The van der Waals surface area contributed by atoms with Crippen molar-refractivity contribution in [2.45, 2.75) is 50.7 Å². The number of guanidine groups is 1. The zero-order chi connectivity index (χ0) is 20.6. The largest absolute Gasteiger partial charge is 0.484 e. The van der Waals surface area contributed by atoms with Gasteiger partial charge in [0.2, 0.25) is 0 Å². The average molecular weight is 402 g/mol. The molecule has 1 aliphatic carbocycles. The van der Waals surface area contributed by atoms with Crippen molar-refractivity contribution in [2.75, 3.05) is 40.8 Å². The molecule has 1 unspecified atom stereocenters. The van der Waals surface area contributed by atoms with Crippen molar-refractivity contribution in [3.05, 3.63) is 29.8 Å². The molecule has 1 saturated carbocycles. The van der Waals surface area contributed by atoms with Gasteiger partial charge in [0, 0.05) is 52.9 Å². The molecule has 1 heterocycles. The highest BCUT2D eigenvalue weighted by molar-refractivity contribution is 5.80. The van der Waals surface area contributed by atoms with E-state index in [-0.39, 0.29) is 12.5 Å². The van der Waals surface area contributed by atoms with Gasteiger partial charge in [0.15, 0.2) is 12.6 Å². The van der Waals surface area contributed by atoms with E-state index in [9.17, 15) is 4.79 Å². The van der Waals surface area contributed by atoms with Crippen LogP contribution in [0.2, 0.25) is 0 Å². The molecule has 1 aliphatic heterocycles. The molecule has 1 aromatic carbocycles. The summed E-state index contributed by atoms with van der Waals surface area (Å²) in [5.41, 5.74) is 1.08. The third-order valence-corrected chi connectivity index (χ3v) is 5.84. The molecule has 0 bridgehead atoms. The lowest BCUT2D eigenvalue weighted by atomic mass is 10.2. The van der Waals surface area contributed by atoms with Crippen molar-refractivity contribution >= 4 is 11.9 Å². The van der Waals surface area contributed by atoms with E-state index in [4.69, 9.17) is 4.74 Å². The molecule has 2 fully saturated rings. The molecule has 1 amide bonds. The van der Waals surface area contributed by atoms with Gasteiger partial charge in [-0.3, -0.25) is 14.7 Å². The number of nitrogens with zero attached hydrogens (tertiary/aromatic N) is 3. The molecule has 7 nitrogen and oxygen atoms in total. The fourth-order valence-corrected chi connectivity index (χ4v) is 4.10. The summed E-state index contributed by atoms with van der Waals surface area (Å²) in [4.78, 5) is 20.2. The van der Waals surface area contributed by atoms with Crippen LogP contribution in [-0.2, 0) is 11.3 Å². The number of aliphatic imine (C=N–C) groups is 1. The van der Waals surface area contributed by atoms with Crippen LogP contribution in [-0.4, -0.2) is 74.6 Å². The minimum absolute atomic E-state index is 0.0479. The molecular weight excluding hydrogens is 366 g/mol. The number of likely N-dealkylation sites (tertiary alicyclic amines) is 1. The number of carbonyl (C=O) groups is 1. The summed E-state index contributed by atoms with van der Waals surface area (Å²) < 4.78 is 5.60. The van der Waals surface area contributed by atoms with Gasteiger partial charge in [-0.15, -0.1) is 0 Å². The molecule has 160 valence electrons. The predicted molar refractivity (Wildman–Crippen MR) is 116 cm³/mol. The van der Waals surface area contributed by atoms with Crippen molar-refractivity contribution in [1.29, 1.82) is 0 Å². The zero-order valence-electron chi connectivity index (χ0n) is 18.0. The smallest absolute Gasteiger partial charge is 0.259 e. The lowest BCUT2D eigenvalue weighted by Crippen LogP contribution is -2.45. The summed E-state index contributed by atoms with van der Waals surface area (Å²) >= 11 is 0. The van der Waals surface area contributed by atoms with Crippen LogP contribution in [0.1, 0.15) is 37.7 Å². The van der Waals surface area contributed by atoms with Crippen LogP contribution in [0.15, 0.2) is 29.3 Å². The van der Waals surface area contributed by atoms with Crippen molar-refractivity contribution < 1.29 is 9.53 Å². The highest BCUT2D eigenvalue weighted by Gasteiger charge is 2.30. The topological polar surface area (TPSA) is 69.2 Å². The number of rotatable bonds is 7. The Kier molecular flexibility index (Phi) is 7.75. The number of amides is 1. The Bertz CT molecular complexity index is 700. The predicted octanol–water partition coefficient (Wildman–Crippen LogP) is 1.84. The summed E-state index contributed by atoms with van der Waals surface area (Å²) in [6.07, 6.45) is 6.65. The maximum Gasteiger partial charge on any atom is 0.259 e. The Hall–Kier alpha value is -2.28. The van der Waals surface area contributed by atoms with E-state index in [2.05, 4.69) is 20.5 Å². The van der Waals surface area contributed by atoms with E-state index in [0.717, 1.165) is 24.1 Å². The van der Waals surface area contributed by atoms with Crippen LogP contribution in [0.25, 0.3) is 0 Å². The number of carbonyl (C=O) groups excluding carboxylic acids is 1. The van der Waals surface area contributed by atoms with Crippen LogP contribution in [0, 0.1) is 0 Å². The van der Waals surface area contributed by atoms with Gasteiger partial charge in [-0.2, -0.15) is 0 Å². The van der Waals surface area contributed by atoms with Gasteiger partial charge in [0.05, 0.1) is 0 Å². The monoisotopic (exact) mass is 401 g/mol. The first kappa shape index (κ1) is 21.4. The number of hydrogen-bond donors (Lipinski definition) is 2. The second kappa shape index (κ2) is 10.5. The molecule has 2 aliphatic rings. The van der Waals surface area contributed by atoms with Gasteiger partial charge in [-0.25, -0.2) is 0 Å². The summed E-state index contributed by atoms with van der Waals surface area (Å²) in [6, 6.07) is 9.06. The zero-order valence-corrected chi connectivity index (χ0v) is 18.0. The highest BCUT2D eigenvalue weighted by Crippen LogP contribution is 2.26. The third kappa shape index (κ3) is 6.35. The second-order valence-corrected chi connectivity index (χ2v) is 8.21. The summed E-state index contributed by atoms with van der Waals surface area (Å²) in [5.74, 6) is 1.48. The maximum absolute atomic E-state index is 11.7. The van der Waals surface area contributed by atoms with Gasteiger partial charge >= 0.3 is 0 Å². The summed E-state index contributed by atoms with van der Waals surface area (Å²) in [5, 5.41) is 6.97. The van der Waals surface area contributed by atoms with Crippen LogP contribution in [0.3, 0.4) is 0 Å². The Morgan fingerprint density at radius 2 is 2.07 bits per heavy atom. The van der Waals surface area contributed by atoms with Crippen molar-refractivity contribution in [3.63, 3.8) is 0 Å². The van der Waals surface area contributed by atoms with Gasteiger partial charge in [-0.1, -0.05) is 25.0 Å². The molecule has 0 spiro atoms. The van der Waals surface area contributed by atoms with E-state index in [1.165, 1.54) is 43.5 Å². The Morgan fingerprint density at radius 3 is 2.79 bits per heavy atom. The average Bonchev–Trinajstić information content (AvgIpc) is 3.41. The number of hydrogen-bond acceptors (Lipinski definition) is 4. The van der Waals surface area contributed by atoms with Crippen molar-refractivity contribution in [3.8, 4) is 5.75 Å². The van der Waals surface area contributed by atoms with Crippen LogP contribution >= 0.6 is 0 Å². The number of likely N-dealkylation sites (N-methyl/N-ethyl adjacent to an activating group) is 1. The third-order valence-electron chi connectivity index (χ3n) is 5.84. The Labute approximate surface area is 174 Å². The van der Waals surface area contributed by atoms with E-state index >= 15 is 0 Å². The quantitative estimate of drug-likeness (QED) is 0.539. The van der Waals surface area contributed by atoms with Crippen LogP contribution in [0.4, 0.5) is 0 Å². The molecule has 0 aromatic heterocycles. The minimum atomic E-state index is -0.0543. The Morgan fingerprint density at radius 1 is 1.28 bits per heavy atom. The van der Waals surface area contributed by atoms with E-state index < -0.39 is 0 Å². The molecular formula is C22H35N5O2. The normalized spacial score (nSPS) is 20.7. The second-order valence-electron chi connectivity index (χ2n) is 8.21. The molecule has 2 N–H and O–H groups in total. The van der Waals surface area contributed by atoms with Gasteiger partial charge in [0.25, 0.3) is 5.91 Å². The molecule has 29 heavy (non-hydrogen) atoms. The highest BCUT2D eigenvalue weighted by atomic mass is 16.5. The lowest BCUT2D eigenvalue weighted by Gasteiger charge is -2.24. The first-order chi connectivity index (χ1) is 14.0. The molecule has 1 atom stereocenters. The van der Waals surface area contributed by atoms with E-state index in [1.54, 1.807) is 14.1 Å². The lowest BCUT2D eigenvalue weighted by molar-refractivity contribution is -0.130. The molecule has 1 aromatic rings. The number of nitrogens with one attached hydrogen (secondary N) is 2. The summed E-state index contributed by atoms with van der Waals surface area (Å²) in [7, 11) is 5.26.